The summed E-state index contributed by atoms with van der Waals surface area (Å²) in [5, 5.41) is 117. The molecule has 586 valence electrons. The Morgan fingerprint density at radius 1 is 0.529 bits per heavy atom. The number of rotatable bonds is 35. The summed E-state index contributed by atoms with van der Waals surface area (Å²) < 4.78 is 58.3. The van der Waals surface area contributed by atoms with Gasteiger partial charge in [-0.25, -0.2) is 4.79 Å². The maximum absolute atomic E-state index is 14.3. The van der Waals surface area contributed by atoms with Crippen LogP contribution in [0.3, 0.4) is 0 Å². The van der Waals surface area contributed by atoms with Crippen molar-refractivity contribution in [3.63, 3.8) is 0 Å². The molecule has 8 aliphatic rings. The van der Waals surface area contributed by atoms with Gasteiger partial charge in [0.2, 0.25) is 17.7 Å². The number of carbonyl (C=O) groups excluding carboxylic acids is 5. The fraction of sp³-hybridized carbons (Fsp3) is 0.919. The monoisotopic (exact) mass is 1460 g/mol. The van der Waals surface area contributed by atoms with Crippen LogP contribution in [-0.2, 0) is 71.4 Å². The number of hydrogen-bond acceptors (Lipinski definition) is 24. The van der Waals surface area contributed by atoms with Gasteiger partial charge in [0.1, 0.15) is 66.4 Å². The average molecular weight is 1460 g/mol. The standard InChI is InChI=1S/C74H125N3O25/c1-8-45-32-47(34-52(68(45)102-74-65(90)64(89)60(85)41(6)95-74)99-73-58(77-42(7)80)69(62(87)56(37-79)101-73)97-54(71(92)93)31-44-20-14-11-15-21-44)50(82)23-17-27-75-57(83)25-24-49(81)22-16-28-76-70(91)48-33-46(9-2)67(96-51-30-38(3)59(84)63(88)61(51)86)53(35-48)98-72-40(5)66(39(4)55(36-78)100-72)94-29-26-43-18-12-10-13-19-43/h38-41,43-48,51-56,58-69,72-74,78-79,84-90H,8-37H2,1-7H3,(H,75,83)(H,76,91)(H,77,80)(H,92,93)/t38-,39+,40-,41+,45+,46+,47-,48?,51-,52-,53-,54+,55-,56-,58-,59-,60-,61-,62+,63-,64-,65+,66+,67-,68-,69-,72-,73-,74+/m1/s1. The van der Waals surface area contributed by atoms with Crippen LogP contribution in [0.25, 0.3) is 0 Å². The van der Waals surface area contributed by atoms with Gasteiger partial charge in [0, 0.05) is 76.0 Å². The van der Waals surface area contributed by atoms with Gasteiger partial charge in [0.15, 0.2) is 25.0 Å². The molecule has 0 bridgehead atoms. The molecule has 28 nitrogen and oxygen atoms in total. The fourth-order valence-electron chi connectivity index (χ4n) is 17.4. The molecule has 1 unspecified atom stereocenters. The number of aliphatic hydroxyl groups is 9. The first-order valence-electron chi connectivity index (χ1n) is 38.7. The predicted octanol–water partition coefficient (Wildman–Crippen LogP) is 3.17. The smallest absolute Gasteiger partial charge is 0.332 e. The van der Waals surface area contributed by atoms with E-state index in [1.807, 2.05) is 27.7 Å². The lowest BCUT2D eigenvalue weighted by Gasteiger charge is -2.49. The molecule has 0 aromatic carbocycles. The van der Waals surface area contributed by atoms with Crippen molar-refractivity contribution in [2.45, 2.75) is 344 Å². The van der Waals surface area contributed by atoms with Crippen LogP contribution in [0.5, 0.6) is 0 Å². The van der Waals surface area contributed by atoms with Crippen molar-refractivity contribution in [2.75, 3.05) is 32.9 Å². The van der Waals surface area contributed by atoms with E-state index in [0.29, 0.717) is 38.2 Å². The number of carboxylic acid groups (broad SMARTS) is 1. The number of Topliss-reactive ketones (excluding diaryl/α,β-unsaturated/α-hetero) is 2. The van der Waals surface area contributed by atoms with Gasteiger partial charge in [0.25, 0.3) is 0 Å². The van der Waals surface area contributed by atoms with Crippen molar-refractivity contribution in [1.29, 1.82) is 0 Å². The fourth-order valence-corrected chi connectivity index (χ4v) is 17.4. The number of hydrogen-bond donors (Lipinski definition) is 13. The van der Waals surface area contributed by atoms with Crippen molar-refractivity contribution in [1.82, 2.24) is 16.0 Å². The minimum Gasteiger partial charge on any atom is -0.479 e. The molecule has 102 heavy (non-hydrogen) atoms. The second kappa shape index (κ2) is 40.6. The third kappa shape index (κ3) is 22.6. The third-order valence-corrected chi connectivity index (χ3v) is 23.7. The van der Waals surface area contributed by atoms with Crippen LogP contribution >= 0.6 is 0 Å². The Morgan fingerprint density at radius 2 is 1.12 bits per heavy atom. The zero-order chi connectivity index (χ0) is 74.1. The number of carboxylic acids is 1. The molecule has 13 N–H and O–H groups in total. The molecular weight excluding hydrogens is 1330 g/mol. The number of ether oxygens (including phenoxy) is 9. The van der Waals surface area contributed by atoms with E-state index in [1.54, 1.807) is 6.92 Å². The van der Waals surface area contributed by atoms with Crippen molar-refractivity contribution in [3.8, 4) is 0 Å². The largest absolute Gasteiger partial charge is 0.479 e. The highest BCUT2D eigenvalue weighted by Gasteiger charge is 2.55. The summed E-state index contributed by atoms with van der Waals surface area (Å²) in [5.74, 6) is -4.91. The summed E-state index contributed by atoms with van der Waals surface area (Å²) in [6, 6.07) is -1.36. The zero-order valence-corrected chi connectivity index (χ0v) is 61.2. The Balaban J connectivity index is 0.836. The highest BCUT2D eigenvalue weighted by Crippen LogP contribution is 2.44. The number of carbonyl (C=O) groups is 6. The first kappa shape index (κ1) is 84.1. The van der Waals surface area contributed by atoms with Crippen molar-refractivity contribution in [2.24, 2.45) is 53.3 Å². The van der Waals surface area contributed by atoms with Crippen molar-refractivity contribution in [3.05, 3.63) is 0 Å². The van der Waals surface area contributed by atoms with Gasteiger partial charge in [-0.15, -0.1) is 0 Å². The second-order valence-corrected chi connectivity index (χ2v) is 31.2. The lowest BCUT2D eigenvalue weighted by molar-refractivity contribution is -0.338. The van der Waals surface area contributed by atoms with Crippen LogP contribution in [0.1, 0.15) is 209 Å². The number of amides is 3. The molecule has 0 spiro atoms. The van der Waals surface area contributed by atoms with Gasteiger partial charge in [-0.3, -0.25) is 24.0 Å². The summed E-state index contributed by atoms with van der Waals surface area (Å²) in [6.07, 6.45) is -10.2. The first-order valence-corrected chi connectivity index (χ1v) is 38.7. The Hall–Kier alpha value is -3.50. The summed E-state index contributed by atoms with van der Waals surface area (Å²) in [5.41, 5.74) is 0. The van der Waals surface area contributed by atoms with Crippen molar-refractivity contribution < 1.29 is 122 Å². The van der Waals surface area contributed by atoms with Gasteiger partial charge in [-0.05, 0) is 94.3 Å². The highest BCUT2D eigenvalue weighted by molar-refractivity contribution is 5.85. The van der Waals surface area contributed by atoms with Gasteiger partial charge in [0.05, 0.1) is 68.1 Å². The van der Waals surface area contributed by atoms with Gasteiger partial charge < -0.3 is 110 Å². The van der Waals surface area contributed by atoms with Crippen LogP contribution in [-0.4, -0.2) is 254 Å². The molecule has 0 aromatic heterocycles. The Morgan fingerprint density at radius 3 is 1.75 bits per heavy atom. The van der Waals surface area contributed by atoms with E-state index in [-0.39, 0.29) is 137 Å². The number of aliphatic carboxylic acids is 1. The molecule has 8 rings (SSSR count). The molecule has 0 radical (unpaired) electrons. The minimum atomic E-state index is -1.71. The second-order valence-electron chi connectivity index (χ2n) is 31.2. The molecule has 29 atom stereocenters. The maximum Gasteiger partial charge on any atom is 0.332 e. The Labute approximate surface area is 601 Å². The average Bonchev–Trinajstić information content (AvgIpc) is 0.783. The van der Waals surface area contributed by atoms with Crippen LogP contribution in [0, 0.1) is 53.3 Å². The molecule has 3 saturated heterocycles. The Bertz CT molecular complexity index is 2600. The quantitative estimate of drug-likeness (QED) is 0.0405. The lowest BCUT2D eigenvalue weighted by atomic mass is 9.74. The lowest BCUT2D eigenvalue weighted by Crippen LogP contribution is -2.67. The van der Waals surface area contributed by atoms with E-state index in [1.165, 1.54) is 46.0 Å². The first-order chi connectivity index (χ1) is 48.7. The third-order valence-electron chi connectivity index (χ3n) is 23.7. The highest BCUT2D eigenvalue weighted by atomic mass is 16.7. The van der Waals surface area contributed by atoms with E-state index >= 15 is 0 Å². The van der Waals surface area contributed by atoms with Crippen LogP contribution < -0.4 is 16.0 Å². The molecular formula is C74H125N3O25. The Kier molecular flexibility index (Phi) is 33.5. The molecule has 0 aromatic rings. The normalized spacial score (nSPS) is 39.8. The molecule has 3 aliphatic heterocycles. The van der Waals surface area contributed by atoms with E-state index in [9.17, 15) is 79.8 Å². The number of aliphatic hydroxyl groups excluding tert-OH is 9. The molecule has 8 fully saturated rings. The number of ketones is 2. The SMILES string of the molecule is CC[C@H]1CC(C(=O)NCCCC(=O)CCC(=O)NCCCC(=O)[C@@H]2C[C@H](CC)[C@@H](O[C@@H]3O[C@@H](C)[C@@H](O)[C@@H](O)[C@@H]3O)[C@H](O[C@@H]3O[C@H](CO)[C@H](O)[C@H](O[C@@H](CC4CCCCC4)C(=O)O)[C@H]3NC(C)=O)C2)C[C@@H](O[C@@H]2O[C@H](CO)[C@H](C)[C@H](OCCC3CCCCC3)[C@H]2C)[C@@H]1O[C@@H]1C[C@@H](C)[C@@H](O)[C@@H](O)[C@@H]1O. The predicted molar refractivity (Wildman–Crippen MR) is 366 cm³/mol. The molecule has 3 amide bonds. The summed E-state index contributed by atoms with van der Waals surface area (Å²) in [7, 11) is 0. The maximum atomic E-state index is 14.3. The van der Waals surface area contributed by atoms with E-state index in [4.69, 9.17) is 42.6 Å². The van der Waals surface area contributed by atoms with E-state index in [0.717, 1.165) is 38.5 Å². The van der Waals surface area contributed by atoms with Crippen LogP contribution in [0.2, 0.25) is 0 Å². The van der Waals surface area contributed by atoms with Crippen molar-refractivity contribution >= 4 is 35.3 Å². The summed E-state index contributed by atoms with van der Waals surface area (Å²) >= 11 is 0. The topological polar surface area (TPSA) is 424 Å². The molecule has 5 aliphatic carbocycles. The van der Waals surface area contributed by atoms with Crippen LogP contribution in [0.15, 0.2) is 0 Å². The van der Waals surface area contributed by atoms with Gasteiger partial charge in [-0.2, -0.15) is 0 Å². The van der Waals surface area contributed by atoms with E-state index < -0.39 is 171 Å². The number of nitrogens with one attached hydrogen (secondary N) is 3. The molecule has 28 heteroatoms. The van der Waals surface area contributed by atoms with E-state index in [2.05, 4.69) is 16.0 Å². The van der Waals surface area contributed by atoms with Crippen LogP contribution in [0.4, 0.5) is 0 Å². The minimum absolute atomic E-state index is 0.0222. The van der Waals surface area contributed by atoms with Gasteiger partial charge >= 0.3 is 5.97 Å². The zero-order valence-electron chi connectivity index (χ0n) is 61.2. The van der Waals surface area contributed by atoms with Gasteiger partial charge in [-0.1, -0.05) is 112 Å². The molecule has 3 heterocycles. The summed E-state index contributed by atoms with van der Waals surface area (Å²) in [4.78, 5) is 80.5. The summed E-state index contributed by atoms with van der Waals surface area (Å²) in [6.45, 7) is 12.2. The molecule has 5 saturated carbocycles.